The SMILES string of the molecule is CC(CO)(CO)NCc1c(Cl)oc2ccccc12. The summed E-state index contributed by atoms with van der Waals surface area (Å²) in [6.45, 7) is 1.85. The van der Waals surface area contributed by atoms with Crippen molar-refractivity contribution < 1.29 is 14.6 Å². The van der Waals surface area contributed by atoms with Gasteiger partial charge in [0.05, 0.1) is 18.8 Å². The first-order chi connectivity index (χ1) is 8.59. The Bertz CT molecular complexity index is 534. The fraction of sp³-hybridized carbons (Fsp3) is 0.385. The number of furan rings is 1. The molecule has 0 bridgehead atoms. The molecule has 0 amide bonds. The lowest BCUT2D eigenvalue weighted by Crippen LogP contribution is -2.48. The van der Waals surface area contributed by atoms with E-state index in [9.17, 15) is 10.2 Å². The van der Waals surface area contributed by atoms with E-state index in [4.69, 9.17) is 16.0 Å². The van der Waals surface area contributed by atoms with Crippen LogP contribution in [0.4, 0.5) is 0 Å². The van der Waals surface area contributed by atoms with Gasteiger partial charge in [-0.25, -0.2) is 0 Å². The third kappa shape index (κ3) is 2.52. The van der Waals surface area contributed by atoms with Crippen LogP contribution in [0.1, 0.15) is 12.5 Å². The van der Waals surface area contributed by atoms with Crippen LogP contribution < -0.4 is 5.32 Å². The van der Waals surface area contributed by atoms with Gasteiger partial charge >= 0.3 is 0 Å². The first-order valence-electron chi connectivity index (χ1n) is 5.72. The summed E-state index contributed by atoms with van der Waals surface area (Å²) in [5.74, 6) is 0. The van der Waals surface area contributed by atoms with Gasteiger partial charge in [0, 0.05) is 17.5 Å². The van der Waals surface area contributed by atoms with Crippen molar-refractivity contribution in [3.05, 3.63) is 35.0 Å². The van der Waals surface area contributed by atoms with Crippen molar-refractivity contribution in [2.75, 3.05) is 13.2 Å². The minimum absolute atomic E-state index is 0.156. The summed E-state index contributed by atoms with van der Waals surface area (Å²) in [5.41, 5.74) is 0.830. The molecule has 4 nitrogen and oxygen atoms in total. The van der Waals surface area contributed by atoms with E-state index in [-0.39, 0.29) is 13.2 Å². The Morgan fingerprint density at radius 1 is 1.28 bits per heavy atom. The quantitative estimate of drug-likeness (QED) is 0.776. The van der Waals surface area contributed by atoms with Crippen LogP contribution in [-0.4, -0.2) is 29.0 Å². The Morgan fingerprint density at radius 2 is 1.94 bits per heavy atom. The Balaban J connectivity index is 2.24. The summed E-state index contributed by atoms with van der Waals surface area (Å²) >= 11 is 6.05. The molecule has 0 radical (unpaired) electrons. The number of fused-ring (bicyclic) bond motifs is 1. The molecule has 2 aromatic rings. The maximum Gasteiger partial charge on any atom is 0.199 e. The van der Waals surface area contributed by atoms with Gasteiger partial charge in [0.25, 0.3) is 0 Å². The number of hydrogen-bond acceptors (Lipinski definition) is 4. The van der Waals surface area contributed by atoms with Gasteiger partial charge in [-0.1, -0.05) is 18.2 Å². The largest absolute Gasteiger partial charge is 0.444 e. The molecule has 0 aliphatic rings. The van der Waals surface area contributed by atoms with Crippen LogP contribution in [0.25, 0.3) is 11.0 Å². The first-order valence-corrected chi connectivity index (χ1v) is 6.10. The van der Waals surface area contributed by atoms with Gasteiger partial charge in [0.1, 0.15) is 5.58 Å². The van der Waals surface area contributed by atoms with Crippen molar-refractivity contribution in [1.29, 1.82) is 0 Å². The average molecular weight is 270 g/mol. The fourth-order valence-electron chi connectivity index (χ4n) is 1.70. The van der Waals surface area contributed by atoms with Crippen LogP contribution in [0.15, 0.2) is 28.7 Å². The summed E-state index contributed by atoms with van der Waals surface area (Å²) in [6.07, 6.45) is 0. The van der Waals surface area contributed by atoms with Crippen molar-refractivity contribution >= 4 is 22.6 Å². The van der Waals surface area contributed by atoms with E-state index in [0.717, 1.165) is 16.5 Å². The molecule has 0 aliphatic heterocycles. The van der Waals surface area contributed by atoms with Crippen molar-refractivity contribution in [3.8, 4) is 0 Å². The van der Waals surface area contributed by atoms with Crippen LogP contribution in [0.3, 0.4) is 0 Å². The maximum atomic E-state index is 9.22. The minimum atomic E-state index is -0.734. The molecule has 0 saturated carbocycles. The second kappa shape index (κ2) is 5.28. The third-order valence-corrected chi connectivity index (χ3v) is 3.34. The molecular weight excluding hydrogens is 254 g/mol. The zero-order valence-corrected chi connectivity index (χ0v) is 10.9. The van der Waals surface area contributed by atoms with Crippen molar-refractivity contribution in [1.82, 2.24) is 5.32 Å². The molecule has 0 unspecified atom stereocenters. The number of hydrogen-bond donors (Lipinski definition) is 3. The van der Waals surface area contributed by atoms with Crippen molar-refractivity contribution in [2.24, 2.45) is 0 Å². The minimum Gasteiger partial charge on any atom is -0.444 e. The van der Waals surface area contributed by atoms with E-state index < -0.39 is 5.54 Å². The van der Waals surface area contributed by atoms with E-state index in [1.807, 2.05) is 24.3 Å². The topological polar surface area (TPSA) is 65.6 Å². The zero-order chi connectivity index (χ0) is 13.2. The van der Waals surface area contributed by atoms with E-state index >= 15 is 0 Å². The molecule has 3 N–H and O–H groups in total. The summed E-state index contributed by atoms with van der Waals surface area (Å²) in [5, 5.41) is 22.8. The number of nitrogens with one attached hydrogen (secondary N) is 1. The van der Waals surface area contributed by atoms with Gasteiger partial charge in [-0.15, -0.1) is 0 Å². The van der Waals surface area contributed by atoms with Gasteiger partial charge in [0.15, 0.2) is 5.22 Å². The van der Waals surface area contributed by atoms with Crippen LogP contribution in [-0.2, 0) is 6.54 Å². The number of aliphatic hydroxyl groups excluding tert-OH is 2. The molecule has 0 spiro atoms. The van der Waals surface area contributed by atoms with E-state index in [1.54, 1.807) is 6.92 Å². The molecule has 1 aromatic heterocycles. The lowest BCUT2D eigenvalue weighted by molar-refractivity contribution is 0.103. The molecule has 5 heteroatoms. The predicted molar refractivity (Wildman–Crippen MR) is 70.6 cm³/mol. The smallest absolute Gasteiger partial charge is 0.199 e. The second-order valence-corrected chi connectivity index (χ2v) is 4.92. The van der Waals surface area contributed by atoms with E-state index in [2.05, 4.69) is 5.32 Å². The van der Waals surface area contributed by atoms with Gasteiger partial charge in [0.2, 0.25) is 0 Å². The standard InChI is InChI=1S/C13H16ClNO3/c1-13(7-16,8-17)15-6-10-9-4-2-3-5-11(9)18-12(10)14/h2-5,15-17H,6-8H2,1H3. The van der Waals surface area contributed by atoms with Crippen molar-refractivity contribution in [2.45, 2.75) is 19.0 Å². The normalized spacial score (nSPS) is 12.2. The summed E-state index contributed by atoms with van der Waals surface area (Å²) in [7, 11) is 0. The monoisotopic (exact) mass is 269 g/mol. The molecule has 0 aliphatic carbocycles. The molecule has 0 atom stereocenters. The average Bonchev–Trinajstić information content (AvgIpc) is 2.72. The van der Waals surface area contributed by atoms with E-state index in [1.165, 1.54) is 0 Å². The van der Waals surface area contributed by atoms with Crippen LogP contribution in [0.2, 0.25) is 5.22 Å². The molecule has 1 aromatic carbocycles. The number of benzene rings is 1. The van der Waals surface area contributed by atoms with Crippen LogP contribution >= 0.6 is 11.6 Å². The summed E-state index contributed by atoms with van der Waals surface area (Å²) in [6, 6.07) is 7.57. The fourth-order valence-corrected chi connectivity index (χ4v) is 1.95. The molecule has 0 saturated heterocycles. The molecule has 18 heavy (non-hydrogen) atoms. The molecule has 2 rings (SSSR count). The van der Waals surface area contributed by atoms with E-state index in [0.29, 0.717) is 11.8 Å². The Morgan fingerprint density at radius 3 is 2.61 bits per heavy atom. The first kappa shape index (κ1) is 13.4. The lowest BCUT2D eigenvalue weighted by atomic mass is 10.0. The van der Waals surface area contributed by atoms with Gasteiger partial charge < -0.3 is 19.9 Å². The highest BCUT2D eigenvalue weighted by Crippen LogP contribution is 2.29. The highest BCUT2D eigenvalue weighted by atomic mass is 35.5. The molecular formula is C13H16ClNO3. The number of rotatable bonds is 5. The highest BCUT2D eigenvalue weighted by molar-refractivity contribution is 6.30. The number of para-hydroxylation sites is 1. The van der Waals surface area contributed by atoms with Crippen molar-refractivity contribution in [3.63, 3.8) is 0 Å². The Hall–Kier alpha value is -1.07. The number of halogens is 1. The summed E-state index contributed by atoms with van der Waals surface area (Å²) < 4.78 is 5.43. The molecule has 1 heterocycles. The van der Waals surface area contributed by atoms with Gasteiger partial charge in [-0.2, -0.15) is 0 Å². The molecule has 0 fully saturated rings. The lowest BCUT2D eigenvalue weighted by Gasteiger charge is -2.26. The zero-order valence-electron chi connectivity index (χ0n) is 10.1. The maximum absolute atomic E-state index is 9.22. The predicted octanol–water partition coefficient (Wildman–Crippen LogP) is 1.92. The van der Waals surface area contributed by atoms with Crippen LogP contribution in [0.5, 0.6) is 0 Å². The Kier molecular flexibility index (Phi) is 3.92. The number of aliphatic hydroxyl groups is 2. The van der Waals surface area contributed by atoms with Gasteiger partial charge in [-0.05, 0) is 24.6 Å². The second-order valence-electron chi connectivity index (χ2n) is 4.58. The molecule has 98 valence electrons. The Labute approximate surface area is 110 Å². The highest BCUT2D eigenvalue weighted by Gasteiger charge is 2.23. The third-order valence-electron chi connectivity index (χ3n) is 3.04. The van der Waals surface area contributed by atoms with Crippen LogP contribution in [0, 0.1) is 0 Å². The summed E-state index contributed by atoms with van der Waals surface area (Å²) in [4.78, 5) is 0. The van der Waals surface area contributed by atoms with Gasteiger partial charge in [-0.3, -0.25) is 0 Å².